The lowest BCUT2D eigenvalue weighted by molar-refractivity contribution is -0.140. The Morgan fingerprint density at radius 1 is 1.44 bits per heavy atom. The third-order valence-corrected chi connectivity index (χ3v) is 5.90. The van der Waals surface area contributed by atoms with Gasteiger partial charge in [-0.2, -0.15) is 0 Å². The number of carbonyl (C=O) groups is 1. The predicted octanol–water partition coefficient (Wildman–Crippen LogP) is 1.37. The first kappa shape index (κ1) is 13.6. The zero-order valence-electron chi connectivity index (χ0n) is 9.67. The van der Waals surface area contributed by atoms with Crippen LogP contribution in [0, 0.1) is 3.57 Å². The molecule has 1 heterocycles. The third kappa shape index (κ3) is 2.20. The van der Waals surface area contributed by atoms with Gasteiger partial charge in [0.25, 0.3) is 0 Å². The summed E-state index contributed by atoms with van der Waals surface area (Å²) in [5.74, 6) is -0.691. The minimum Gasteiger partial charge on any atom is -0.468 e. The van der Waals surface area contributed by atoms with Crippen LogP contribution >= 0.6 is 22.6 Å². The second kappa shape index (κ2) is 5.04. The van der Waals surface area contributed by atoms with Gasteiger partial charge in [0.2, 0.25) is 10.0 Å². The van der Waals surface area contributed by atoms with E-state index in [4.69, 9.17) is 0 Å². The van der Waals surface area contributed by atoms with Gasteiger partial charge in [0.05, 0.1) is 12.8 Å². The molecule has 1 unspecified atom stereocenters. The van der Waals surface area contributed by atoms with Crippen LogP contribution in [-0.2, 0) is 19.6 Å². The van der Waals surface area contributed by atoms with Crippen LogP contribution in [0.15, 0.2) is 24.3 Å². The molecule has 1 fully saturated rings. The molecule has 1 saturated heterocycles. The summed E-state index contributed by atoms with van der Waals surface area (Å²) in [6.07, 6.45) is 0.264. The van der Waals surface area contributed by atoms with Crippen LogP contribution in [0.4, 0.5) is 5.69 Å². The highest BCUT2D eigenvalue weighted by Crippen LogP contribution is 2.32. The van der Waals surface area contributed by atoms with Gasteiger partial charge < -0.3 is 4.74 Å². The predicted molar refractivity (Wildman–Crippen MR) is 75.8 cm³/mol. The normalized spacial score (nSPS) is 21.9. The van der Waals surface area contributed by atoms with E-state index in [1.54, 1.807) is 12.1 Å². The number of benzene rings is 1. The summed E-state index contributed by atoms with van der Waals surface area (Å²) >= 11 is 2.08. The largest absolute Gasteiger partial charge is 0.468 e. The van der Waals surface area contributed by atoms with Gasteiger partial charge in [0, 0.05) is 10.1 Å². The van der Waals surface area contributed by atoms with Crippen molar-refractivity contribution in [3.05, 3.63) is 27.8 Å². The van der Waals surface area contributed by atoms with E-state index in [0.717, 1.165) is 3.57 Å². The van der Waals surface area contributed by atoms with Crippen molar-refractivity contribution in [1.29, 1.82) is 0 Å². The lowest BCUT2D eigenvalue weighted by Gasteiger charge is -2.19. The van der Waals surface area contributed by atoms with Gasteiger partial charge in [-0.3, -0.25) is 9.10 Å². The van der Waals surface area contributed by atoms with Crippen LogP contribution < -0.4 is 4.31 Å². The first-order valence-corrected chi connectivity index (χ1v) is 7.90. The Balaban J connectivity index is 2.39. The van der Waals surface area contributed by atoms with Crippen LogP contribution in [0.2, 0.25) is 0 Å². The summed E-state index contributed by atoms with van der Waals surface area (Å²) in [5.41, 5.74) is 0.615. The van der Waals surface area contributed by atoms with E-state index in [1.165, 1.54) is 11.4 Å². The molecule has 18 heavy (non-hydrogen) atoms. The molecule has 0 aromatic heterocycles. The lowest BCUT2D eigenvalue weighted by atomic mass is 10.3. The summed E-state index contributed by atoms with van der Waals surface area (Å²) < 4.78 is 31.2. The highest BCUT2D eigenvalue weighted by atomic mass is 127. The molecule has 1 aliphatic rings. The monoisotopic (exact) mass is 381 g/mol. The molecule has 1 aromatic carbocycles. The minimum atomic E-state index is -3.66. The highest BCUT2D eigenvalue weighted by Gasteiger charge is 2.44. The summed E-state index contributed by atoms with van der Waals surface area (Å²) in [6, 6.07) is 7.18. The van der Waals surface area contributed by atoms with Crippen molar-refractivity contribution in [3.63, 3.8) is 0 Å². The number of carbonyl (C=O) groups excluding carboxylic acids is 1. The average Bonchev–Trinajstić information content (AvgIpc) is 2.64. The number of esters is 1. The maximum atomic E-state index is 12.3. The second-order valence-corrected chi connectivity index (χ2v) is 7.07. The SMILES string of the molecule is COC(=O)C1CCN(c2ccccc2I)S1(=O)=O. The molecule has 0 aliphatic carbocycles. The zero-order valence-corrected chi connectivity index (χ0v) is 12.6. The van der Waals surface area contributed by atoms with Crippen molar-refractivity contribution >= 4 is 44.3 Å². The van der Waals surface area contributed by atoms with Crippen molar-refractivity contribution in [2.75, 3.05) is 18.0 Å². The number of methoxy groups -OCH3 is 1. The van der Waals surface area contributed by atoms with E-state index in [9.17, 15) is 13.2 Å². The number of hydrogen-bond acceptors (Lipinski definition) is 4. The average molecular weight is 381 g/mol. The van der Waals surface area contributed by atoms with Crippen LogP contribution in [0.1, 0.15) is 6.42 Å². The summed E-state index contributed by atoms with van der Waals surface area (Å²) in [7, 11) is -2.46. The fourth-order valence-corrected chi connectivity index (χ4v) is 4.63. The van der Waals surface area contributed by atoms with Crippen molar-refractivity contribution in [1.82, 2.24) is 0 Å². The maximum absolute atomic E-state index is 12.3. The van der Waals surface area contributed by atoms with E-state index in [0.29, 0.717) is 12.2 Å². The Hall–Kier alpha value is -0.830. The Morgan fingerprint density at radius 2 is 2.11 bits per heavy atom. The number of para-hydroxylation sites is 1. The Labute approximate surface area is 119 Å². The first-order valence-electron chi connectivity index (χ1n) is 5.32. The smallest absolute Gasteiger partial charge is 0.326 e. The van der Waals surface area contributed by atoms with Gasteiger partial charge in [0.15, 0.2) is 5.25 Å². The van der Waals surface area contributed by atoms with E-state index in [-0.39, 0.29) is 6.42 Å². The molecule has 2 rings (SSSR count). The second-order valence-electron chi connectivity index (χ2n) is 3.87. The fraction of sp³-hybridized carbons (Fsp3) is 0.364. The number of halogens is 1. The van der Waals surface area contributed by atoms with Gasteiger partial charge in [0.1, 0.15) is 0 Å². The maximum Gasteiger partial charge on any atom is 0.326 e. The van der Waals surface area contributed by atoms with Gasteiger partial charge in [-0.25, -0.2) is 8.42 Å². The fourth-order valence-electron chi connectivity index (χ4n) is 1.95. The number of ether oxygens (including phenoxy) is 1. The van der Waals surface area contributed by atoms with E-state index in [1.807, 2.05) is 12.1 Å². The number of rotatable bonds is 2. The van der Waals surface area contributed by atoms with Crippen molar-refractivity contribution in [2.45, 2.75) is 11.7 Å². The zero-order chi connectivity index (χ0) is 13.3. The first-order chi connectivity index (χ1) is 8.48. The lowest BCUT2D eigenvalue weighted by Crippen LogP contribution is -2.34. The van der Waals surface area contributed by atoms with E-state index < -0.39 is 21.2 Å². The standard InChI is InChI=1S/C11H12INO4S/c1-17-11(14)10-6-7-13(18(10,15)16)9-5-3-2-4-8(9)12/h2-5,10H,6-7H2,1H3. The quantitative estimate of drug-likeness (QED) is 0.574. The number of nitrogens with zero attached hydrogens (tertiary/aromatic N) is 1. The Bertz CT molecular complexity index is 572. The van der Waals surface area contributed by atoms with Gasteiger partial charge in [-0.1, -0.05) is 12.1 Å². The highest BCUT2D eigenvalue weighted by molar-refractivity contribution is 14.1. The molecule has 98 valence electrons. The Morgan fingerprint density at radius 3 is 2.72 bits per heavy atom. The molecule has 7 heteroatoms. The van der Waals surface area contributed by atoms with Gasteiger partial charge >= 0.3 is 5.97 Å². The molecular weight excluding hydrogens is 369 g/mol. The van der Waals surface area contributed by atoms with Crippen molar-refractivity contribution < 1.29 is 17.9 Å². The van der Waals surface area contributed by atoms with Crippen LogP contribution in [0.5, 0.6) is 0 Å². The topological polar surface area (TPSA) is 63.7 Å². The number of sulfonamides is 1. The van der Waals surface area contributed by atoms with Gasteiger partial charge in [-0.15, -0.1) is 0 Å². The molecule has 1 aliphatic heterocycles. The van der Waals surface area contributed by atoms with Gasteiger partial charge in [-0.05, 0) is 41.1 Å². The molecular formula is C11H12INO4S. The Kier molecular flexibility index (Phi) is 3.81. The van der Waals surface area contributed by atoms with E-state index in [2.05, 4.69) is 27.3 Å². The molecule has 0 bridgehead atoms. The number of anilines is 1. The van der Waals surface area contributed by atoms with Crippen molar-refractivity contribution in [2.24, 2.45) is 0 Å². The number of hydrogen-bond donors (Lipinski definition) is 0. The molecule has 5 nitrogen and oxygen atoms in total. The molecule has 0 radical (unpaired) electrons. The van der Waals surface area contributed by atoms with E-state index >= 15 is 0 Å². The molecule has 1 atom stereocenters. The molecule has 0 saturated carbocycles. The molecule has 0 amide bonds. The molecule has 0 spiro atoms. The van der Waals surface area contributed by atoms with Crippen LogP contribution in [0.25, 0.3) is 0 Å². The van der Waals surface area contributed by atoms with Crippen LogP contribution in [-0.4, -0.2) is 33.3 Å². The minimum absolute atomic E-state index is 0.264. The van der Waals surface area contributed by atoms with Crippen LogP contribution in [0.3, 0.4) is 0 Å². The summed E-state index contributed by atoms with van der Waals surface area (Å²) in [4.78, 5) is 11.5. The summed E-state index contributed by atoms with van der Waals surface area (Å²) in [5, 5.41) is -1.08. The third-order valence-electron chi connectivity index (χ3n) is 2.85. The van der Waals surface area contributed by atoms with Crippen molar-refractivity contribution in [3.8, 4) is 0 Å². The molecule has 1 aromatic rings. The summed E-state index contributed by atoms with van der Waals surface area (Å²) in [6.45, 7) is 0.308. The molecule has 0 N–H and O–H groups in total.